The lowest BCUT2D eigenvalue weighted by Gasteiger charge is -2.20. The third kappa shape index (κ3) is 6.02. The zero-order chi connectivity index (χ0) is 13.1. The molecule has 1 aliphatic rings. The Morgan fingerprint density at radius 1 is 1.35 bits per heavy atom. The molecule has 1 unspecified atom stereocenters. The number of hydrogen-bond acceptors (Lipinski definition) is 4. The SMILES string of the molecule is CC(C)(C)NC(=O)CCNC1CCS(=O)(=O)C1. The number of hydrogen-bond donors (Lipinski definition) is 2. The van der Waals surface area contributed by atoms with E-state index in [1.165, 1.54) is 0 Å². The van der Waals surface area contributed by atoms with Crippen LogP contribution in [0.2, 0.25) is 0 Å². The monoisotopic (exact) mass is 262 g/mol. The smallest absolute Gasteiger partial charge is 0.221 e. The van der Waals surface area contributed by atoms with Gasteiger partial charge in [-0.2, -0.15) is 0 Å². The molecule has 0 bridgehead atoms. The number of carbonyl (C=O) groups is 1. The van der Waals surface area contributed by atoms with E-state index in [0.717, 1.165) is 0 Å². The molecule has 0 saturated carbocycles. The molecule has 0 spiro atoms. The van der Waals surface area contributed by atoms with Crippen molar-refractivity contribution in [2.24, 2.45) is 0 Å². The Morgan fingerprint density at radius 2 is 2.00 bits per heavy atom. The number of nitrogens with one attached hydrogen (secondary N) is 2. The highest BCUT2D eigenvalue weighted by Crippen LogP contribution is 2.10. The van der Waals surface area contributed by atoms with Gasteiger partial charge in [-0.25, -0.2) is 8.42 Å². The lowest BCUT2D eigenvalue weighted by atomic mass is 10.1. The Hall–Kier alpha value is -0.620. The third-order valence-electron chi connectivity index (χ3n) is 2.53. The summed E-state index contributed by atoms with van der Waals surface area (Å²) in [5.74, 6) is 0.457. The van der Waals surface area contributed by atoms with Crippen molar-refractivity contribution in [2.45, 2.75) is 45.2 Å². The Labute approximate surface area is 103 Å². The average Bonchev–Trinajstić information content (AvgIpc) is 2.42. The first-order valence-corrected chi connectivity index (χ1v) is 7.75. The number of sulfone groups is 1. The molecule has 1 saturated heterocycles. The van der Waals surface area contributed by atoms with E-state index in [1.807, 2.05) is 20.8 Å². The molecule has 0 aliphatic carbocycles. The van der Waals surface area contributed by atoms with Gasteiger partial charge in [-0.15, -0.1) is 0 Å². The van der Waals surface area contributed by atoms with Crippen molar-refractivity contribution in [3.8, 4) is 0 Å². The fourth-order valence-corrected chi connectivity index (χ4v) is 3.53. The standard InChI is InChI=1S/C11H22N2O3S/c1-11(2,3)13-10(14)4-6-12-9-5-7-17(15,16)8-9/h9,12H,4-8H2,1-3H3,(H,13,14). The molecule has 1 aliphatic heterocycles. The second kappa shape index (κ2) is 5.35. The van der Waals surface area contributed by atoms with Crippen LogP contribution in [0, 0.1) is 0 Å². The Kier molecular flexibility index (Phi) is 4.55. The minimum Gasteiger partial charge on any atom is -0.351 e. The molecule has 1 fully saturated rings. The van der Waals surface area contributed by atoms with E-state index >= 15 is 0 Å². The molecule has 0 aromatic heterocycles. The van der Waals surface area contributed by atoms with Gasteiger partial charge in [0.1, 0.15) is 0 Å². The summed E-state index contributed by atoms with van der Waals surface area (Å²) in [4.78, 5) is 11.5. The van der Waals surface area contributed by atoms with Gasteiger partial charge in [0.05, 0.1) is 11.5 Å². The molecule has 17 heavy (non-hydrogen) atoms. The van der Waals surface area contributed by atoms with Gasteiger partial charge in [0.25, 0.3) is 0 Å². The summed E-state index contributed by atoms with van der Waals surface area (Å²) in [6.45, 7) is 6.33. The second-order valence-corrected chi connectivity index (χ2v) is 7.83. The molecule has 6 heteroatoms. The van der Waals surface area contributed by atoms with Gasteiger partial charge < -0.3 is 10.6 Å². The summed E-state index contributed by atoms with van der Waals surface area (Å²) >= 11 is 0. The minimum absolute atomic E-state index is 0.00847. The summed E-state index contributed by atoms with van der Waals surface area (Å²) in [6.07, 6.45) is 1.04. The van der Waals surface area contributed by atoms with Crippen LogP contribution in [0.1, 0.15) is 33.6 Å². The molecule has 0 aromatic carbocycles. The first-order valence-electron chi connectivity index (χ1n) is 5.93. The highest BCUT2D eigenvalue weighted by atomic mass is 32.2. The molecular formula is C11H22N2O3S. The molecule has 100 valence electrons. The van der Waals surface area contributed by atoms with Crippen molar-refractivity contribution in [1.82, 2.24) is 10.6 Å². The van der Waals surface area contributed by atoms with Gasteiger partial charge in [-0.1, -0.05) is 0 Å². The van der Waals surface area contributed by atoms with Crippen LogP contribution in [0.25, 0.3) is 0 Å². The molecule has 5 nitrogen and oxygen atoms in total. The Balaban J connectivity index is 2.19. The molecular weight excluding hydrogens is 240 g/mol. The molecule has 1 amide bonds. The van der Waals surface area contributed by atoms with Crippen molar-refractivity contribution in [2.75, 3.05) is 18.1 Å². The lowest BCUT2D eigenvalue weighted by Crippen LogP contribution is -2.42. The zero-order valence-electron chi connectivity index (χ0n) is 10.7. The maximum absolute atomic E-state index is 11.5. The van der Waals surface area contributed by atoms with Crippen molar-refractivity contribution >= 4 is 15.7 Å². The summed E-state index contributed by atoms with van der Waals surface area (Å²) in [5.41, 5.74) is -0.215. The average molecular weight is 262 g/mol. The van der Waals surface area contributed by atoms with E-state index in [1.54, 1.807) is 0 Å². The van der Waals surface area contributed by atoms with Crippen molar-refractivity contribution < 1.29 is 13.2 Å². The van der Waals surface area contributed by atoms with Gasteiger partial charge in [0, 0.05) is 24.5 Å². The topological polar surface area (TPSA) is 75.3 Å². The fourth-order valence-electron chi connectivity index (χ4n) is 1.83. The molecule has 0 radical (unpaired) electrons. The van der Waals surface area contributed by atoms with Gasteiger partial charge in [-0.3, -0.25) is 4.79 Å². The van der Waals surface area contributed by atoms with Crippen LogP contribution < -0.4 is 10.6 Å². The number of amides is 1. The van der Waals surface area contributed by atoms with Crippen molar-refractivity contribution in [3.05, 3.63) is 0 Å². The molecule has 1 atom stereocenters. The van der Waals surface area contributed by atoms with Crippen LogP contribution in [0.4, 0.5) is 0 Å². The van der Waals surface area contributed by atoms with E-state index < -0.39 is 9.84 Å². The maximum atomic E-state index is 11.5. The predicted octanol–water partition coefficient (Wildman–Crippen LogP) is 0.0679. The molecule has 0 aromatic rings. The van der Waals surface area contributed by atoms with Gasteiger partial charge >= 0.3 is 0 Å². The predicted molar refractivity (Wildman–Crippen MR) is 67.6 cm³/mol. The Morgan fingerprint density at radius 3 is 2.47 bits per heavy atom. The molecule has 1 heterocycles. The third-order valence-corrected chi connectivity index (χ3v) is 4.30. The van der Waals surface area contributed by atoms with Gasteiger partial charge in [0.2, 0.25) is 5.91 Å². The van der Waals surface area contributed by atoms with E-state index in [9.17, 15) is 13.2 Å². The van der Waals surface area contributed by atoms with Crippen LogP contribution in [-0.2, 0) is 14.6 Å². The largest absolute Gasteiger partial charge is 0.351 e. The maximum Gasteiger partial charge on any atom is 0.221 e. The van der Waals surface area contributed by atoms with Crippen LogP contribution in [0.15, 0.2) is 0 Å². The highest BCUT2D eigenvalue weighted by molar-refractivity contribution is 7.91. The van der Waals surface area contributed by atoms with E-state index in [2.05, 4.69) is 10.6 Å². The van der Waals surface area contributed by atoms with Crippen LogP contribution in [-0.4, -0.2) is 44.0 Å². The van der Waals surface area contributed by atoms with Crippen molar-refractivity contribution in [1.29, 1.82) is 0 Å². The summed E-state index contributed by atoms with van der Waals surface area (Å²) in [5, 5.41) is 5.98. The quantitative estimate of drug-likeness (QED) is 0.752. The molecule has 1 rings (SSSR count). The summed E-state index contributed by atoms with van der Waals surface area (Å²) in [7, 11) is -2.84. The van der Waals surface area contributed by atoms with Crippen LogP contribution in [0.3, 0.4) is 0 Å². The summed E-state index contributed by atoms with van der Waals surface area (Å²) < 4.78 is 22.4. The normalized spacial score (nSPS) is 23.6. The van der Waals surface area contributed by atoms with Crippen LogP contribution >= 0.6 is 0 Å². The Bertz CT molecular complexity index is 371. The van der Waals surface area contributed by atoms with Crippen LogP contribution in [0.5, 0.6) is 0 Å². The fraction of sp³-hybridized carbons (Fsp3) is 0.909. The van der Waals surface area contributed by atoms with E-state index in [0.29, 0.717) is 19.4 Å². The van der Waals surface area contributed by atoms with Gasteiger partial charge in [-0.05, 0) is 27.2 Å². The summed E-state index contributed by atoms with van der Waals surface area (Å²) in [6, 6.07) is 0.0161. The lowest BCUT2D eigenvalue weighted by molar-refractivity contribution is -0.122. The highest BCUT2D eigenvalue weighted by Gasteiger charge is 2.27. The second-order valence-electron chi connectivity index (χ2n) is 5.60. The molecule has 2 N–H and O–H groups in total. The first kappa shape index (κ1) is 14.4. The first-order chi connectivity index (χ1) is 7.68. The number of carbonyl (C=O) groups excluding carboxylic acids is 1. The van der Waals surface area contributed by atoms with Gasteiger partial charge in [0.15, 0.2) is 9.84 Å². The number of rotatable bonds is 4. The zero-order valence-corrected chi connectivity index (χ0v) is 11.6. The van der Waals surface area contributed by atoms with Crippen molar-refractivity contribution in [3.63, 3.8) is 0 Å². The van der Waals surface area contributed by atoms with E-state index in [4.69, 9.17) is 0 Å². The minimum atomic E-state index is -2.84. The van der Waals surface area contributed by atoms with E-state index in [-0.39, 0.29) is 29.0 Å².